The van der Waals surface area contributed by atoms with Crippen LogP contribution in [0.1, 0.15) is 37.9 Å². The highest BCUT2D eigenvalue weighted by molar-refractivity contribution is 5.89. The average molecular weight is 351 g/mol. The van der Waals surface area contributed by atoms with Crippen LogP contribution in [-0.4, -0.2) is 28.7 Å². The van der Waals surface area contributed by atoms with E-state index in [9.17, 15) is 4.79 Å². The van der Waals surface area contributed by atoms with Crippen molar-refractivity contribution in [2.75, 3.05) is 16.8 Å². The highest BCUT2D eigenvalue weighted by Crippen LogP contribution is 2.26. The number of hydrogen-bond acceptors (Lipinski definition) is 6. The van der Waals surface area contributed by atoms with Gasteiger partial charge < -0.3 is 10.1 Å². The zero-order valence-electron chi connectivity index (χ0n) is 15.0. The second-order valence-corrected chi connectivity index (χ2v) is 6.60. The summed E-state index contributed by atoms with van der Waals surface area (Å²) in [4.78, 5) is 22.4. The minimum Gasteiger partial charge on any atom is -0.447 e. The van der Waals surface area contributed by atoms with Gasteiger partial charge in [0.05, 0.1) is 23.7 Å². The van der Waals surface area contributed by atoms with Crippen molar-refractivity contribution in [1.82, 2.24) is 9.97 Å². The predicted molar refractivity (Wildman–Crippen MR) is 97.7 cm³/mol. The van der Waals surface area contributed by atoms with Crippen LogP contribution in [0.4, 0.5) is 16.6 Å². The third kappa shape index (κ3) is 3.59. The zero-order chi connectivity index (χ0) is 18.7. The molecule has 134 valence electrons. The van der Waals surface area contributed by atoms with Gasteiger partial charge in [0, 0.05) is 6.20 Å². The molecule has 2 atom stereocenters. The lowest BCUT2D eigenvalue weighted by atomic mass is 10.0. The van der Waals surface area contributed by atoms with Gasteiger partial charge in [-0.15, -0.1) is 0 Å². The fourth-order valence-corrected chi connectivity index (χ4v) is 2.90. The van der Waals surface area contributed by atoms with Crippen LogP contribution in [0.15, 0.2) is 36.5 Å². The van der Waals surface area contributed by atoms with Gasteiger partial charge in [0.25, 0.3) is 0 Å². The van der Waals surface area contributed by atoms with E-state index in [1.807, 2.05) is 39.0 Å². The molecule has 3 rings (SSSR count). The van der Waals surface area contributed by atoms with Crippen molar-refractivity contribution in [3.63, 3.8) is 0 Å². The Labute approximate surface area is 152 Å². The molecule has 0 aliphatic carbocycles. The smallest absolute Gasteiger partial charge is 0.415 e. The predicted octanol–water partition coefficient (Wildman–Crippen LogP) is 3.50. The van der Waals surface area contributed by atoms with Gasteiger partial charge in [-0.1, -0.05) is 26.0 Å². The van der Waals surface area contributed by atoms with Crippen molar-refractivity contribution in [3.8, 4) is 6.07 Å². The summed E-state index contributed by atoms with van der Waals surface area (Å²) in [6.07, 6.45) is 1.23. The quantitative estimate of drug-likeness (QED) is 0.886. The third-order valence-corrected chi connectivity index (χ3v) is 4.42. The molecule has 1 saturated heterocycles. The van der Waals surface area contributed by atoms with E-state index in [2.05, 4.69) is 21.4 Å². The van der Waals surface area contributed by atoms with Crippen LogP contribution in [-0.2, 0) is 4.74 Å². The molecule has 0 radical (unpaired) electrons. The van der Waals surface area contributed by atoms with Crippen LogP contribution in [0, 0.1) is 17.2 Å². The summed E-state index contributed by atoms with van der Waals surface area (Å²) >= 11 is 0. The minimum absolute atomic E-state index is 0.0463. The summed E-state index contributed by atoms with van der Waals surface area (Å²) in [6.45, 7) is 6.42. The topological polar surface area (TPSA) is 91.1 Å². The van der Waals surface area contributed by atoms with Crippen LogP contribution in [0.3, 0.4) is 0 Å². The molecule has 1 aliphatic rings. The van der Waals surface area contributed by atoms with E-state index >= 15 is 0 Å². The number of ether oxygens (including phenoxy) is 1. The molecule has 7 nitrogen and oxygen atoms in total. The van der Waals surface area contributed by atoms with Crippen molar-refractivity contribution in [2.24, 2.45) is 5.92 Å². The van der Waals surface area contributed by atoms with Crippen LogP contribution < -0.4 is 10.2 Å². The number of rotatable bonds is 5. The Kier molecular flexibility index (Phi) is 5.03. The van der Waals surface area contributed by atoms with Crippen molar-refractivity contribution in [1.29, 1.82) is 5.26 Å². The molecule has 2 aromatic rings. The Morgan fingerprint density at radius 3 is 2.88 bits per heavy atom. The maximum Gasteiger partial charge on any atom is 0.415 e. The van der Waals surface area contributed by atoms with Gasteiger partial charge in [0.1, 0.15) is 12.4 Å². The van der Waals surface area contributed by atoms with E-state index < -0.39 is 0 Å². The lowest BCUT2D eigenvalue weighted by molar-refractivity contribution is 0.177. The number of nitriles is 1. The number of benzene rings is 1. The maximum atomic E-state index is 12.1. The van der Waals surface area contributed by atoms with Crippen molar-refractivity contribution in [3.05, 3.63) is 47.7 Å². The molecule has 1 aromatic carbocycles. The molecule has 1 amide bonds. The molecule has 1 N–H and O–H groups in total. The Bertz CT molecular complexity index is 846. The summed E-state index contributed by atoms with van der Waals surface area (Å²) in [7, 11) is 0. The number of hydrogen-bond donors (Lipinski definition) is 1. The summed E-state index contributed by atoms with van der Waals surface area (Å²) in [5, 5.41) is 12.3. The number of aromatic nitrogens is 2. The lowest BCUT2D eigenvalue weighted by Crippen LogP contribution is -2.37. The molecule has 0 spiro atoms. The molecule has 0 bridgehead atoms. The van der Waals surface area contributed by atoms with Crippen molar-refractivity contribution in [2.45, 2.75) is 32.9 Å². The van der Waals surface area contributed by atoms with Gasteiger partial charge in [-0.25, -0.2) is 9.78 Å². The standard InChI is InChI=1S/C19H21N5O2/c1-12(2)16-11-26-19(25)24(16)17-7-8-21-18(23-17)22-13(3)15-6-4-5-14(9-15)10-20/h4-9,12-13,16H,11H2,1-3H3,(H,21,22,23)/t13-,16+/m0/s1. The third-order valence-electron chi connectivity index (χ3n) is 4.42. The van der Waals surface area contributed by atoms with E-state index in [1.165, 1.54) is 0 Å². The molecule has 0 unspecified atom stereocenters. The van der Waals surface area contributed by atoms with Gasteiger partial charge >= 0.3 is 6.09 Å². The zero-order valence-corrected chi connectivity index (χ0v) is 15.0. The van der Waals surface area contributed by atoms with Gasteiger partial charge in [-0.3, -0.25) is 4.90 Å². The molecular weight excluding hydrogens is 330 g/mol. The number of nitrogens with zero attached hydrogens (tertiary/aromatic N) is 4. The highest BCUT2D eigenvalue weighted by atomic mass is 16.6. The number of carbonyl (C=O) groups excluding carboxylic acids is 1. The number of anilines is 2. The van der Waals surface area contributed by atoms with Gasteiger partial charge in [-0.2, -0.15) is 10.2 Å². The Morgan fingerprint density at radius 2 is 2.15 bits per heavy atom. The molecule has 2 heterocycles. The van der Waals surface area contributed by atoms with Crippen LogP contribution in [0.25, 0.3) is 0 Å². The average Bonchev–Trinajstić information content (AvgIpc) is 3.04. The molecule has 7 heteroatoms. The summed E-state index contributed by atoms with van der Waals surface area (Å²) < 4.78 is 5.19. The highest BCUT2D eigenvalue weighted by Gasteiger charge is 2.37. The number of cyclic esters (lactones) is 1. The minimum atomic E-state index is -0.386. The second-order valence-electron chi connectivity index (χ2n) is 6.60. The molecule has 26 heavy (non-hydrogen) atoms. The first kappa shape index (κ1) is 17.7. The second kappa shape index (κ2) is 7.40. The Morgan fingerprint density at radius 1 is 1.35 bits per heavy atom. The van der Waals surface area contributed by atoms with E-state index in [4.69, 9.17) is 10.00 Å². The Hall–Kier alpha value is -3.14. The van der Waals surface area contributed by atoms with Crippen LogP contribution in [0.5, 0.6) is 0 Å². The summed E-state index contributed by atoms with van der Waals surface area (Å²) in [5.74, 6) is 1.18. The summed E-state index contributed by atoms with van der Waals surface area (Å²) in [5.41, 5.74) is 1.56. The molecule has 1 aromatic heterocycles. The Balaban J connectivity index is 1.81. The first-order valence-corrected chi connectivity index (χ1v) is 8.55. The first-order chi connectivity index (χ1) is 12.5. The first-order valence-electron chi connectivity index (χ1n) is 8.55. The fraction of sp³-hybridized carbons (Fsp3) is 0.368. The van der Waals surface area contributed by atoms with E-state index in [1.54, 1.807) is 23.2 Å². The normalized spacial score (nSPS) is 17.7. The van der Waals surface area contributed by atoms with Gasteiger partial charge in [-0.05, 0) is 36.6 Å². The van der Waals surface area contributed by atoms with Gasteiger partial charge in [0.15, 0.2) is 0 Å². The van der Waals surface area contributed by atoms with E-state index in [0.717, 1.165) is 5.56 Å². The molecular formula is C19H21N5O2. The van der Waals surface area contributed by atoms with Crippen LogP contribution in [0.2, 0.25) is 0 Å². The van der Waals surface area contributed by atoms with Crippen LogP contribution >= 0.6 is 0 Å². The van der Waals surface area contributed by atoms with E-state index in [-0.39, 0.29) is 24.1 Å². The van der Waals surface area contributed by atoms with E-state index in [0.29, 0.717) is 23.9 Å². The van der Waals surface area contributed by atoms with Crippen molar-refractivity contribution < 1.29 is 9.53 Å². The maximum absolute atomic E-state index is 12.1. The fourth-order valence-electron chi connectivity index (χ4n) is 2.90. The molecule has 0 saturated carbocycles. The SMILES string of the molecule is CC(C)[C@H]1COC(=O)N1c1ccnc(N[C@@H](C)c2cccc(C#N)c2)n1. The van der Waals surface area contributed by atoms with Gasteiger partial charge in [0.2, 0.25) is 5.95 Å². The monoisotopic (exact) mass is 351 g/mol. The van der Waals surface area contributed by atoms with Crippen molar-refractivity contribution >= 4 is 17.9 Å². The number of amides is 1. The lowest BCUT2D eigenvalue weighted by Gasteiger charge is -2.23. The summed E-state index contributed by atoms with van der Waals surface area (Å²) in [6, 6.07) is 11.1. The number of carbonyl (C=O) groups is 1. The molecule has 1 fully saturated rings. The number of nitrogens with one attached hydrogen (secondary N) is 1. The largest absolute Gasteiger partial charge is 0.447 e. The molecule has 1 aliphatic heterocycles.